The summed E-state index contributed by atoms with van der Waals surface area (Å²) in [6.45, 7) is 0. The van der Waals surface area contributed by atoms with Crippen molar-refractivity contribution in [3.8, 4) is 22.3 Å². The Kier molecular flexibility index (Phi) is 6.19. The fourth-order valence-corrected chi connectivity index (χ4v) is 4.50. The zero-order valence-corrected chi connectivity index (χ0v) is 18.6. The number of hydrogen-bond donors (Lipinski definition) is 0. The van der Waals surface area contributed by atoms with Crippen molar-refractivity contribution in [3.05, 3.63) is 106 Å². The van der Waals surface area contributed by atoms with Gasteiger partial charge in [0.1, 0.15) is 23.3 Å². The number of benzene rings is 5. The van der Waals surface area contributed by atoms with Crippen LogP contribution in [0, 0.1) is 81.4 Å². The van der Waals surface area contributed by atoms with Crippen LogP contribution in [0.15, 0.2) is 24.3 Å². The van der Waals surface area contributed by atoms with Crippen LogP contribution < -0.4 is 0 Å². The summed E-state index contributed by atoms with van der Waals surface area (Å²) < 4.78 is 206. The van der Waals surface area contributed by atoms with E-state index in [1.165, 1.54) is 0 Å². The molecular weight excluding hydrogens is 578 g/mol. The van der Waals surface area contributed by atoms with Gasteiger partial charge in [0.25, 0.3) is 0 Å². The Bertz CT molecular complexity index is 1890. The molecule has 5 aromatic carbocycles. The number of fused-ring (bicyclic) bond motifs is 2. The van der Waals surface area contributed by atoms with Gasteiger partial charge in [0.05, 0.1) is 11.1 Å². The molecule has 0 unspecified atom stereocenters. The minimum atomic E-state index is -2.79. The van der Waals surface area contributed by atoms with E-state index in [-0.39, 0.29) is 18.2 Å². The average molecular weight is 582 g/mol. The van der Waals surface area contributed by atoms with Crippen molar-refractivity contribution in [1.82, 2.24) is 0 Å². The van der Waals surface area contributed by atoms with Crippen molar-refractivity contribution in [3.63, 3.8) is 0 Å². The Hall–Kier alpha value is -4.36. The van der Waals surface area contributed by atoms with Gasteiger partial charge in [-0.25, -0.2) is 61.5 Å². The first kappa shape index (κ1) is 27.2. The molecular formula is C26H4F14. The van der Waals surface area contributed by atoms with Gasteiger partial charge >= 0.3 is 0 Å². The largest absolute Gasteiger partial charge is 0.207 e. The fourth-order valence-electron chi connectivity index (χ4n) is 4.50. The highest BCUT2D eigenvalue weighted by atomic mass is 19.2. The van der Waals surface area contributed by atoms with Crippen LogP contribution in [-0.4, -0.2) is 0 Å². The molecule has 0 bridgehead atoms. The van der Waals surface area contributed by atoms with Gasteiger partial charge in [0.2, 0.25) is 0 Å². The summed E-state index contributed by atoms with van der Waals surface area (Å²) in [6, 6.07) is -0.928. The molecule has 0 saturated carbocycles. The summed E-state index contributed by atoms with van der Waals surface area (Å²) in [5.74, 6) is -32.8. The summed E-state index contributed by atoms with van der Waals surface area (Å²) in [6.07, 6.45) is 0. The topological polar surface area (TPSA) is 0 Å². The van der Waals surface area contributed by atoms with E-state index in [9.17, 15) is 43.9 Å². The van der Waals surface area contributed by atoms with Crippen molar-refractivity contribution in [2.75, 3.05) is 0 Å². The molecule has 0 amide bonds. The van der Waals surface area contributed by atoms with Gasteiger partial charge in [0, 0.05) is 56.9 Å². The minimum absolute atomic E-state index is 0.1000. The van der Waals surface area contributed by atoms with Crippen LogP contribution in [0.5, 0.6) is 0 Å². The molecule has 0 fully saturated rings. The summed E-state index contributed by atoms with van der Waals surface area (Å²) in [5.41, 5.74) is -7.62. The molecule has 5 rings (SSSR count). The highest BCUT2D eigenvalue weighted by Crippen LogP contribution is 2.50. The van der Waals surface area contributed by atoms with Gasteiger partial charge in [-0.3, -0.25) is 0 Å². The smallest absolute Gasteiger partial charge is 0.198 e. The lowest BCUT2D eigenvalue weighted by Gasteiger charge is -2.21. The summed E-state index contributed by atoms with van der Waals surface area (Å²) in [7, 11) is 0. The van der Waals surface area contributed by atoms with Gasteiger partial charge in [-0.15, -0.1) is 0 Å². The molecule has 40 heavy (non-hydrogen) atoms. The van der Waals surface area contributed by atoms with Gasteiger partial charge in [-0.2, -0.15) is 0 Å². The normalized spacial score (nSPS) is 11.8. The second-order valence-electron chi connectivity index (χ2n) is 8.25. The van der Waals surface area contributed by atoms with E-state index >= 15 is 17.6 Å². The molecule has 14 heteroatoms. The van der Waals surface area contributed by atoms with E-state index < -0.39 is 131 Å². The summed E-state index contributed by atoms with van der Waals surface area (Å²) >= 11 is 0. The molecule has 0 aliphatic carbocycles. The molecule has 0 atom stereocenters. The quantitative estimate of drug-likeness (QED) is 0.0843. The Morgan fingerprint density at radius 3 is 1.10 bits per heavy atom. The van der Waals surface area contributed by atoms with Crippen LogP contribution in [-0.2, 0) is 0 Å². The van der Waals surface area contributed by atoms with E-state index in [4.69, 9.17) is 0 Å². The van der Waals surface area contributed by atoms with Crippen molar-refractivity contribution in [2.24, 2.45) is 0 Å². The van der Waals surface area contributed by atoms with E-state index in [2.05, 4.69) is 0 Å². The zero-order valence-electron chi connectivity index (χ0n) is 18.6. The van der Waals surface area contributed by atoms with E-state index in [1.807, 2.05) is 0 Å². The first-order valence-electron chi connectivity index (χ1n) is 10.5. The SMILES string of the molecule is Fc1cc(F)c(-c2c3c(F)cc(F)c(F)c3c(-c3c(F)c(F)cc(F)c3F)c3c(F)c(F)c(F)c(F)c23)c(F)c1. The second-order valence-corrected chi connectivity index (χ2v) is 8.25. The number of hydrogen-bond acceptors (Lipinski definition) is 0. The highest BCUT2D eigenvalue weighted by Gasteiger charge is 2.36. The Morgan fingerprint density at radius 1 is 0.250 bits per heavy atom. The molecule has 0 radical (unpaired) electrons. The standard InChI is InChI=1S/C26H4F14/c27-5-1-6(28)12(7(29)2-5)14-13-8(30)3-9(31)20(34)16(13)15(19-21(35)10(32)4-11(33)22(19)36)18-17(14)23(37)25(39)26(40)24(18)38/h1-4H. The van der Waals surface area contributed by atoms with Crippen molar-refractivity contribution in [1.29, 1.82) is 0 Å². The zero-order chi connectivity index (χ0) is 29.5. The van der Waals surface area contributed by atoms with Gasteiger partial charge in [0.15, 0.2) is 58.2 Å². The van der Waals surface area contributed by atoms with E-state index in [1.54, 1.807) is 0 Å². The lowest BCUT2D eigenvalue weighted by molar-refractivity contribution is 0.418. The Labute approximate surface area is 211 Å². The average Bonchev–Trinajstić information content (AvgIpc) is 2.87. The summed E-state index contributed by atoms with van der Waals surface area (Å²) in [4.78, 5) is 0. The molecule has 5 aromatic rings. The van der Waals surface area contributed by atoms with Crippen molar-refractivity contribution >= 4 is 21.5 Å². The lowest BCUT2D eigenvalue weighted by atomic mass is 9.84. The highest BCUT2D eigenvalue weighted by molar-refractivity contribution is 6.22. The first-order chi connectivity index (χ1) is 18.7. The predicted molar refractivity (Wildman–Crippen MR) is 112 cm³/mol. The fraction of sp³-hybridized carbons (Fsp3) is 0. The Morgan fingerprint density at radius 2 is 0.625 bits per heavy atom. The van der Waals surface area contributed by atoms with Crippen LogP contribution in [0.4, 0.5) is 61.5 Å². The third-order valence-electron chi connectivity index (χ3n) is 6.06. The summed E-state index contributed by atoms with van der Waals surface area (Å²) in [5, 5.41) is -7.63. The van der Waals surface area contributed by atoms with Crippen LogP contribution in [0.1, 0.15) is 0 Å². The maximum absolute atomic E-state index is 15.3. The predicted octanol–water partition coefficient (Wildman–Crippen LogP) is 9.27. The molecule has 0 saturated heterocycles. The molecule has 0 aromatic heterocycles. The van der Waals surface area contributed by atoms with Crippen molar-refractivity contribution in [2.45, 2.75) is 0 Å². The maximum atomic E-state index is 15.3. The third-order valence-corrected chi connectivity index (χ3v) is 6.06. The molecule has 0 aliphatic heterocycles. The molecule has 0 heterocycles. The third kappa shape index (κ3) is 3.61. The van der Waals surface area contributed by atoms with E-state index in [0.29, 0.717) is 0 Å². The molecule has 0 nitrogen and oxygen atoms in total. The monoisotopic (exact) mass is 582 g/mol. The first-order valence-corrected chi connectivity index (χ1v) is 10.5. The van der Waals surface area contributed by atoms with Crippen LogP contribution in [0.3, 0.4) is 0 Å². The maximum Gasteiger partial charge on any atom is 0.198 e. The van der Waals surface area contributed by atoms with Crippen LogP contribution >= 0.6 is 0 Å². The molecule has 0 N–H and O–H groups in total. The van der Waals surface area contributed by atoms with Crippen LogP contribution in [0.2, 0.25) is 0 Å². The lowest BCUT2D eigenvalue weighted by Crippen LogP contribution is -2.08. The minimum Gasteiger partial charge on any atom is -0.207 e. The molecule has 0 aliphatic rings. The van der Waals surface area contributed by atoms with Crippen molar-refractivity contribution < 1.29 is 61.5 Å². The molecule has 0 spiro atoms. The van der Waals surface area contributed by atoms with Gasteiger partial charge in [-0.05, 0) is 0 Å². The van der Waals surface area contributed by atoms with Gasteiger partial charge < -0.3 is 0 Å². The van der Waals surface area contributed by atoms with Gasteiger partial charge in [-0.1, -0.05) is 0 Å². The molecule has 206 valence electrons. The Balaban J connectivity index is 2.30. The van der Waals surface area contributed by atoms with E-state index in [0.717, 1.165) is 0 Å². The van der Waals surface area contributed by atoms with Crippen LogP contribution in [0.25, 0.3) is 43.8 Å². The number of rotatable bonds is 2. The second kappa shape index (κ2) is 9.10. The number of halogens is 14.